The molecular formula is C12H23NO3. The van der Waals surface area contributed by atoms with Crippen molar-refractivity contribution in [2.45, 2.75) is 38.6 Å². The van der Waals surface area contributed by atoms with Crippen LogP contribution in [0.4, 0.5) is 0 Å². The highest BCUT2D eigenvalue weighted by Crippen LogP contribution is 2.36. The molecule has 1 aliphatic carbocycles. The van der Waals surface area contributed by atoms with Gasteiger partial charge >= 0.3 is 5.97 Å². The van der Waals surface area contributed by atoms with Crippen molar-refractivity contribution in [3.63, 3.8) is 0 Å². The lowest BCUT2D eigenvalue weighted by molar-refractivity contribution is -0.148. The monoisotopic (exact) mass is 229 g/mol. The highest BCUT2D eigenvalue weighted by molar-refractivity contribution is 5.79. The zero-order valence-corrected chi connectivity index (χ0v) is 10.5. The van der Waals surface area contributed by atoms with Gasteiger partial charge in [0.2, 0.25) is 0 Å². The van der Waals surface area contributed by atoms with Crippen LogP contribution in [0.25, 0.3) is 0 Å². The lowest BCUT2D eigenvalue weighted by Crippen LogP contribution is -2.56. The highest BCUT2D eigenvalue weighted by atomic mass is 16.5. The minimum Gasteiger partial charge on any atom is -0.480 e. The van der Waals surface area contributed by atoms with E-state index in [2.05, 4.69) is 19.2 Å². The second-order valence-electron chi connectivity index (χ2n) is 5.16. The average molecular weight is 229 g/mol. The van der Waals surface area contributed by atoms with Crippen molar-refractivity contribution in [2.75, 3.05) is 20.3 Å². The first-order valence-corrected chi connectivity index (χ1v) is 5.97. The van der Waals surface area contributed by atoms with Crippen LogP contribution in [0, 0.1) is 11.8 Å². The van der Waals surface area contributed by atoms with Gasteiger partial charge in [-0.05, 0) is 31.1 Å². The molecule has 0 heterocycles. The zero-order chi connectivity index (χ0) is 12.2. The van der Waals surface area contributed by atoms with E-state index in [0.29, 0.717) is 25.0 Å². The van der Waals surface area contributed by atoms with Crippen molar-refractivity contribution in [2.24, 2.45) is 11.8 Å². The number of rotatable bonds is 5. The molecular weight excluding hydrogens is 206 g/mol. The normalized spacial score (nSPS) is 34.9. The molecule has 16 heavy (non-hydrogen) atoms. The molecule has 0 aliphatic heterocycles. The van der Waals surface area contributed by atoms with Gasteiger partial charge < -0.3 is 9.84 Å². The number of carbonyl (C=O) groups is 1. The SMILES string of the molecule is COCCNC1(C(=O)O)CC(C)CC(C)C1. The van der Waals surface area contributed by atoms with Crippen molar-refractivity contribution in [3.8, 4) is 0 Å². The minimum atomic E-state index is -0.740. The third-order valence-corrected chi connectivity index (χ3v) is 3.38. The van der Waals surface area contributed by atoms with Crippen molar-refractivity contribution in [3.05, 3.63) is 0 Å². The molecule has 4 heteroatoms. The van der Waals surface area contributed by atoms with Gasteiger partial charge in [-0.1, -0.05) is 13.8 Å². The van der Waals surface area contributed by atoms with E-state index in [4.69, 9.17) is 4.74 Å². The maximum atomic E-state index is 11.5. The largest absolute Gasteiger partial charge is 0.480 e. The van der Waals surface area contributed by atoms with E-state index in [-0.39, 0.29) is 0 Å². The molecule has 2 atom stereocenters. The van der Waals surface area contributed by atoms with Crippen LogP contribution in [0.3, 0.4) is 0 Å². The summed E-state index contributed by atoms with van der Waals surface area (Å²) in [4.78, 5) is 11.5. The second-order valence-corrected chi connectivity index (χ2v) is 5.16. The van der Waals surface area contributed by atoms with E-state index in [1.165, 1.54) is 0 Å². The van der Waals surface area contributed by atoms with Crippen LogP contribution in [0.2, 0.25) is 0 Å². The van der Waals surface area contributed by atoms with Gasteiger partial charge in [0.1, 0.15) is 5.54 Å². The Morgan fingerprint density at radius 2 is 2.00 bits per heavy atom. The maximum Gasteiger partial charge on any atom is 0.323 e. The summed E-state index contributed by atoms with van der Waals surface area (Å²) in [6.45, 7) is 5.41. The third kappa shape index (κ3) is 3.19. The molecule has 0 bridgehead atoms. The van der Waals surface area contributed by atoms with E-state index >= 15 is 0 Å². The molecule has 1 fully saturated rings. The smallest absolute Gasteiger partial charge is 0.323 e. The molecule has 0 aromatic heterocycles. The first kappa shape index (κ1) is 13.5. The molecule has 0 amide bonds. The summed E-state index contributed by atoms with van der Waals surface area (Å²) in [7, 11) is 1.63. The Labute approximate surface area is 97.4 Å². The molecule has 1 aliphatic rings. The Bertz CT molecular complexity index is 232. The van der Waals surface area contributed by atoms with Crippen molar-refractivity contribution in [1.82, 2.24) is 5.32 Å². The number of methoxy groups -OCH3 is 1. The predicted octanol–water partition coefficient (Wildman–Crippen LogP) is 1.50. The highest BCUT2D eigenvalue weighted by Gasteiger charge is 2.43. The fraction of sp³-hybridized carbons (Fsp3) is 0.917. The van der Waals surface area contributed by atoms with Crippen LogP contribution < -0.4 is 5.32 Å². The zero-order valence-electron chi connectivity index (χ0n) is 10.5. The summed E-state index contributed by atoms with van der Waals surface area (Å²) in [5, 5.41) is 12.6. The summed E-state index contributed by atoms with van der Waals surface area (Å²) in [6, 6.07) is 0. The summed E-state index contributed by atoms with van der Waals surface area (Å²) < 4.78 is 4.96. The van der Waals surface area contributed by atoms with Crippen LogP contribution in [0.1, 0.15) is 33.1 Å². The van der Waals surface area contributed by atoms with E-state index in [1.807, 2.05) is 0 Å². The third-order valence-electron chi connectivity index (χ3n) is 3.38. The van der Waals surface area contributed by atoms with Crippen LogP contribution in [0.5, 0.6) is 0 Å². The number of carboxylic acid groups (broad SMARTS) is 1. The molecule has 2 unspecified atom stereocenters. The Kier molecular flexibility index (Phi) is 4.74. The Morgan fingerprint density at radius 1 is 1.44 bits per heavy atom. The van der Waals surface area contributed by atoms with E-state index < -0.39 is 11.5 Å². The van der Waals surface area contributed by atoms with Crippen molar-refractivity contribution in [1.29, 1.82) is 0 Å². The van der Waals surface area contributed by atoms with Gasteiger partial charge in [-0.25, -0.2) is 0 Å². The summed E-state index contributed by atoms with van der Waals surface area (Å²) in [5.41, 5.74) is -0.740. The first-order valence-electron chi connectivity index (χ1n) is 5.97. The van der Waals surface area contributed by atoms with Gasteiger partial charge in [-0.15, -0.1) is 0 Å². The molecule has 0 saturated heterocycles. The summed E-state index contributed by atoms with van der Waals surface area (Å²) in [6.07, 6.45) is 2.56. The van der Waals surface area contributed by atoms with Crippen LogP contribution in [-0.4, -0.2) is 36.9 Å². The Hall–Kier alpha value is -0.610. The Balaban J connectivity index is 2.67. The maximum absolute atomic E-state index is 11.5. The first-order chi connectivity index (χ1) is 7.50. The van der Waals surface area contributed by atoms with E-state index in [0.717, 1.165) is 19.3 Å². The number of ether oxygens (including phenoxy) is 1. The standard InChI is InChI=1S/C12H23NO3/c1-9-6-10(2)8-12(7-9,11(14)15)13-4-5-16-3/h9-10,13H,4-8H2,1-3H3,(H,14,15). The van der Waals surface area contributed by atoms with Crippen LogP contribution in [0.15, 0.2) is 0 Å². The topological polar surface area (TPSA) is 58.6 Å². The van der Waals surface area contributed by atoms with Crippen molar-refractivity contribution < 1.29 is 14.6 Å². The van der Waals surface area contributed by atoms with Gasteiger partial charge in [-0.2, -0.15) is 0 Å². The van der Waals surface area contributed by atoms with Gasteiger partial charge in [0.05, 0.1) is 6.61 Å². The predicted molar refractivity (Wildman–Crippen MR) is 62.4 cm³/mol. The van der Waals surface area contributed by atoms with E-state index in [9.17, 15) is 9.90 Å². The minimum absolute atomic E-state index is 0.467. The van der Waals surface area contributed by atoms with Gasteiger partial charge in [0.15, 0.2) is 0 Å². The lowest BCUT2D eigenvalue weighted by Gasteiger charge is -2.40. The molecule has 0 aromatic carbocycles. The number of hydrogen-bond donors (Lipinski definition) is 2. The lowest BCUT2D eigenvalue weighted by atomic mass is 9.71. The molecule has 1 rings (SSSR count). The molecule has 0 radical (unpaired) electrons. The Morgan fingerprint density at radius 3 is 2.44 bits per heavy atom. The molecule has 0 aromatic rings. The number of aliphatic carboxylic acids is 1. The van der Waals surface area contributed by atoms with Gasteiger partial charge in [0, 0.05) is 13.7 Å². The average Bonchev–Trinajstić information content (AvgIpc) is 2.16. The number of carboxylic acids is 1. The quantitative estimate of drug-likeness (QED) is 0.701. The van der Waals surface area contributed by atoms with Crippen LogP contribution >= 0.6 is 0 Å². The number of nitrogens with one attached hydrogen (secondary N) is 1. The summed E-state index contributed by atoms with van der Waals surface area (Å²) >= 11 is 0. The van der Waals surface area contributed by atoms with Gasteiger partial charge in [0.25, 0.3) is 0 Å². The number of hydrogen-bond acceptors (Lipinski definition) is 3. The molecule has 1 saturated carbocycles. The molecule has 94 valence electrons. The fourth-order valence-electron chi connectivity index (χ4n) is 2.91. The van der Waals surface area contributed by atoms with Gasteiger partial charge in [-0.3, -0.25) is 10.1 Å². The van der Waals surface area contributed by atoms with Crippen LogP contribution in [-0.2, 0) is 9.53 Å². The molecule has 2 N–H and O–H groups in total. The summed E-state index contributed by atoms with van der Waals surface area (Å²) in [5.74, 6) is 0.215. The second kappa shape index (κ2) is 5.64. The molecule has 4 nitrogen and oxygen atoms in total. The van der Waals surface area contributed by atoms with Crippen molar-refractivity contribution >= 4 is 5.97 Å². The molecule has 0 spiro atoms. The fourth-order valence-corrected chi connectivity index (χ4v) is 2.91. The van der Waals surface area contributed by atoms with E-state index in [1.54, 1.807) is 7.11 Å².